The first-order valence-corrected chi connectivity index (χ1v) is 7.16. The first-order valence-electron chi connectivity index (χ1n) is 7.16. The van der Waals surface area contributed by atoms with Gasteiger partial charge in [0.25, 0.3) is 0 Å². The number of nitrogens with two attached hydrogens (primary N) is 1. The van der Waals surface area contributed by atoms with Crippen LogP contribution in [0.4, 0.5) is 10.1 Å². The van der Waals surface area contributed by atoms with Gasteiger partial charge in [-0.25, -0.2) is 4.39 Å². The number of hydrogen-bond acceptors (Lipinski definition) is 3. The lowest BCUT2D eigenvalue weighted by Crippen LogP contribution is -2.53. The molecule has 110 valence electrons. The van der Waals surface area contributed by atoms with E-state index in [9.17, 15) is 9.18 Å². The standard InChI is InChI=1S/C15H22FN3O/c1-2-3-14(17)15(20)19-10-8-18(9-11-19)13-6-4-12(16)5-7-13/h4-7,14H,2-3,8-11,17H2,1H3/t14-/m0/s1. The molecule has 1 aromatic carbocycles. The maximum atomic E-state index is 12.9. The lowest BCUT2D eigenvalue weighted by Gasteiger charge is -2.37. The van der Waals surface area contributed by atoms with Gasteiger partial charge < -0.3 is 15.5 Å². The van der Waals surface area contributed by atoms with Crippen molar-refractivity contribution in [2.45, 2.75) is 25.8 Å². The molecule has 0 unspecified atom stereocenters. The Kier molecular flexibility index (Phi) is 4.95. The van der Waals surface area contributed by atoms with Crippen LogP contribution in [0.15, 0.2) is 24.3 Å². The number of benzene rings is 1. The predicted molar refractivity (Wildman–Crippen MR) is 78.1 cm³/mol. The Balaban J connectivity index is 1.89. The fraction of sp³-hybridized carbons (Fsp3) is 0.533. The summed E-state index contributed by atoms with van der Waals surface area (Å²) in [6, 6.07) is 6.09. The molecule has 0 aromatic heterocycles. The van der Waals surface area contributed by atoms with Crippen molar-refractivity contribution >= 4 is 11.6 Å². The quantitative estimate of drug-likeness (QED) is 0.911. The zero-order chi connectivity index (χ0) is 14.5. The van der Waals surface area contributed by atoms with E-state index in [1.807, 2.05) is 11.8 Å². The highest BCUT2D eigenvalue weighted by Gasteiger charge is 2.24. The molecule has 20 heavy (non-hydrogen) atoms. The highest BCUT2D eigenvalue weighted by molar-refractivity contribution is 5.81. The summed E-state index contributed by atoms with van der Waals surface area (Å²) in [5, 5.41) is 0. The molecule has 2 N–H and O–H groups in total. The topological polar surface area (TPSA) is 49.6 Å². The Labute approximate surface area is 119 Å². The molecule has 1 aliphatic rings. The second kappa shape index (κ2) is 6.70. The molecule has 2 rings (SSSR count). The van der Waals surface area contributed by atoms with Gasteiger partial charge in [0.1, 0.15) is 5.82 Å². The lowest BCUT2D eigenvalue weighted by molar-refractivity contribution is -0.133. The van der Waals surface area contributed by atoms with Gasteiger partial charge in [-0.3, -0.25) is 4.79 Å². The van der Waals surface area contributed by atoms with E-state index < -0.39 is 0 Å². The molecule has 0 radical (unpaired) electrons. The Hall–Kier alpha value is -1.62. The maximum Gasteiger partial charge on any atom is 0.239 e. The van der Waals surface area contributed by atoms with Crippen LogP contribution >= 0.6 is 0 Å². The van der Waals surface area contributed by atoms with E-state index in [0.717, 1.165) is 31.6 Å². The largest absolute Gasteiger partial charge is 0.368 e. The van der Waals surface area contributed by atoms with Crippen LogP contribution in [0, 0.1) is 5.82 Å². The molecule has 1 amide bonds. The summed E-state index contributed by atoms with van der Waals surface area (Å²) in [6.45, 7) is 4.90. The van der Waals surface area contributed by atoms with Crippen LogP contribution in [0.25, 0.3) is 0 Å². The van der Waals surface area contributed by atoms with Crippen LogP contribution < -0.4 is 10.6 Å². The van der Waals surface area contributed by atoms with Gasteiger partial charge in [0.15, 0.2) is 0 Å². The summed E-state index contributed by atoms with van der Waals surface area (Å²) >= 11 is 0. The van der Waals surface area contributed by atoms with E-state index in [4.69, 9.17) is 5.73 Å². The number of halogens is 1. The predicted octanol–water partition coefficient (Wildman–Crippen LogP) is 1.60. The van der Waals surface area contributed by atoms with Crippen LogP contribution in [0.2, 0.25) is 0 Å². The first kappa shape index (κ1) is 14.8. The fourth-order valence-electron chi connectivity index (χ4n) is 2.51. The number of anilines is 1. The molecular formula is C15H22FN3O. The van der Waals surface area contributed by atoms with Gasteiger partial charge in [-0.2, -0.15) is 0 Å². The van der Waals surface area contributed by atoms with E-state index in [2.05, 4.69) is 4.90 Å². The highest BCUT2D eigenvalue weighted by Crippen LogP contribution is 2.17. The summed E-state index contributed by atoms with van der Waals surface area (Å²) in [4.78, 5) is 16.1. The number of carbonyl (C=O) groups excluding carboxylic acids is 1. The summed E-state index contributed by atoms with van der Waals surface area (Å²) in [6.07, 6.45) is 1.65. The van der Waals surface area contributed by atoms with Crippen molar-refractivity contribution in [1.29, 1.82) is 0 Å². The first-order chi connectivity index (χ1) is 9.61. The zero-order valence-corrected chi connectivity index (χ0v) is 11.9. The average molecular weight is 279 g/mol. The number of hydrogen-bond donors (Lipinski definition) is 1. The Morgan fingerprint density at radius 2 is 1.85 bits per heavy atom. The second-order valence-electron chi connectivity index (χ2n) is 5.18. The van der Waals surface area contributed by atoms with Crippen molar-refractivity contribution in [3.8, 4) is 0 Å². The van der Waals surface area contributed by atoms with Crippen molar-refractivity contribution in [2.75, 3.05) is 31.1 Å². The third-order valence-corrected chi connectivity index (χ3v) is 3.70. The molecule has 0 saturated carbocycles. The van der Waals surface area contributed by atoms with Crippen LogP contribution in [-0.2, 0) is 4.79 Å². The van der Waals surface area contributed by atoms with Crippen molar-refractivity contribution in [3.63, 3.8) is 0 Å². The normalized spacial score (nSPS) is 17.1. The number of piperazine rings is 1. The summed E-state index contributed by atoms with van der Waals surface area (Å²) in [5.74, 6) is -0.182. The third-order valence-electron chi connectivity index (χ3n) is 3.70. The minimum atomic E-state index is -0.377. The van der Waals surface area contributed by atoms with Gasteiger partial charge in [-0.15, -0.1) is 0 Å². The summed E-state index contributed by atoms with van der Waals surface area (Å²) < 4.78 is 12.9. The van der Waals surface area contributed by atoms with Crippen LogP contribution in [0.1, 0.15) is 19.8 Å². The van der Waals surface area contributed by atoms with Crippen LogP contribution in [0.5, 0.6) is 0 Å². The van der Waals surface area contributed by atoms with Crippen molar-refractivity contribution < 1.29 is 9.18 Å². The molecule has 5 heteroatoms. The highest BCUT2D eigenvalue weighted by atomic mass is 19.1. The van der Waals surface area contributed by atoms with E-state index in [1.54, 1.807) is 12.1 Å². The van der Waals surface area contributed by atoms with Gasteiger partial charge in [0.05, 0.1) is 6.04 Å². The maximum absolute atomic E-state index is 12.9. The van der Waals surface area contributed by atoms with Gasteiger partial charge in [0.2, 0.25) is 5.91 Å². The Bertz CT molecular complexity index is 441. The number of carbonyl (C=O) groups is 1. The van der Waals surface area contributed by atoms with Gasteiger partial charge >= 0.3 is 0 Å². The molecule has 1 heterocycles. The lowest BCUT2D eigenvalue weighted by atomic mass is 10.1. The minimum Gasteiger partial charge on any atom is -0.368 e. The third kappa shape index (κ3) is 3.48. The molecule has 0 spiro atoms. The molecule has 0 aliphatic carbocycles. The second-order valence-corrected chi connectivity index (χ2v) is 5.18. The number of amides is 1. The van der Waals surface area contributed by atoms with E-state index >= 15 is 0 Å². The van der Waals surface area contributed by atoms with Crippen LogP contribution in [0.3, 0.4) is 0 Å². The Morgan fingerprint density at radius 1 is 1.25 bits per heavy atom. The number of nitrogens with zero attached hydrogens (tertiary/aromatic N) is 2. The summed E-state index contributed by atoms with van der Waals surface area (Å²) in [5.41, 5.74) is 6.87. The van der Waals surface area contributed by atoms with Gasteiger partial charge in [0, 0.05) is 31.9 Å². The van der Waals surface area contributed by atoms with Crippen molar-refractivity contribution in [2.24, 2.45) is 5.73 Å². The van der Waals surface area contributed by atoms with Gasteiger partial charge in [-0.1, -0.05) is 13.3 Å². The SMILES string of the molecule is CCC[C@H](N)C(=O)N1CCN(c2ccc(F)cc2)CC1. The molecule has 4 nitrogen and oxygen atoms in total. The minimum absolute atomic E-state index is 0.0469. The van der Waals surface area contributed by atoms with Gasteiger partial charge in [-0.05, 0) is 30.7 Å². The molecule has 1 aliphatic heterocycles. The van der Waals surface area contributed by atoms with Crippen molar-refractivity contribution in [1.82, 2.24) is 4.90 Å². The Morgan fingerprint density at radius 3 is 2.40 bits per heavy atom. The van der Waals surface area contributed by atoms with E-state index in [-0.39, 0.29) is 17.8 Å². The fourth-order valence-corrected chi connectivity index (χ4v) is 2.51. The number of rotatable bonds is 4. The zero-order valence-electron chi connectivity index (χ0n) is 11.9. The monoisotopic (exact) mass is 279 g/mol. The smallest absolute Gasteiger partial charge is 0.239 e. The molecule has 1 fully saturated rings. The molecule has 1 aromatic rings. The summed E-state index contributed by atoms with van der Waals surface area (Å²) in [7, 11) is 0. The average Bonchev–Trinajstić information content (AvgIpc) is 2.48. The van der Waals surface area contributed by atoms with E-state index in [1.165, 1.54) is 12.1 Å². The molecule has 1 atom stereocenters. The van der Waals surface area contributed by atoms with Crippen LogP contribution in [-0.4, -0.2) is 43.0 Å². The molecular weight excluding hydrogens is 257 g/mol. The van der Waals surface area contributed by atoms with E-state index in [0.29, 0.717) is 13.1 Å². The molecule has 0 bridgehead atoms. The van der Waals surface area contributed by atoms with Crippen molar-refractivity contribution in [3.05, 3.63) is 30.1 Å². The molecule has 1 saturated heterocycles.